The summed E-state index contributed by atoms with van der Waals surface area (Å²) in [5.41, 5.74) is 0. The molecule has 78 valence electrons. The first kappa shape index (κ1) is 10.7. The van der Waals surface area contributed by atoms with Crippen LogP contribution in [0.4, 0.5) is 0 Å². The highest BCUT2D eigenvalue weighted by Gasteiger charge is 2.14. The highest BCUT2D eigenvalue weighted by molar-refractivity contribution is 5.79. The summed E-state index contributed by atoms with van der Waals surface area (Å²) in [6.07, 6.45) is 2.83. The molecule has 1 aromatic heterocycles. The van der Waals surface area contributed by atoms with Crippen molar-refractivity contribution in [2.45, 2.75) is 26.0 Å². The summed E-state index contributed by atoms with van der Waals surface area (Å²) in [5.74, 6) is -0.144. The molecule has 0 spiro atoms. The van der Waals surface area contributed by atoms with E-state index in [2.05, 4.69) is 10.4 Å². The third kappa shape index (κ3) is 2.85. The summed E-state index contributed by atoms with van der Waals surface area (Å²) in [6.45, 7) is 3.65. The van der Waals surface area contributed by atoms with Crippen LogP contribution in [0.2, 0.25) is 0 Å². The standard InChI is InChI=1S/C9H15N3O2/c1-7(13)6-10-9(14)8(2)12-5-3-4-11-12/h3-5,7-8,13H,6H2,1-2H3,(H,10,14). The van der Waals surface area contributed by atoms with Crippen LogP contribution in [0.1, 0.15) is 19.9 Å². The molecular formula is C9H15N3O2. The van der Waals surface area contributed by atoms with Crippen LogP contribution in [0.25, 0.3) is 0 Å². The van der Waals surface area contributed by atoms with Crippen LogP contribution in [0, 0.1) is 0 Å². The number of carbonyl (C=O) groups excluding carboxylic acids is 1. The fourth-order valence-electron chi connectivity index (χ4n) is 1.03. The molecular weight excluding hydrogens is 182 g/mol. The van der Waals surface area contributed by atoms with Crippen molar-refractivity contribution in [1.29, 1.82) is 0 Å². The van der Waals surface area contributed by atoms with Crippen molar-refractivity contribution >= 4 is 5.91 Å². The fourth-order valence-corrected chi connectivity index (χ4v) is 1.03. The first-order chi connectivity index (χ1) is 6.61. The molecule has 1 amide bonds. The summed E-state index contributed by atoms with van der Waals surface area (Å²) >= 11 is 0. The number of hydrogen-bond acceptors (Lipinski definition) is 3. The van der Waals surface area contributed by atoms with Crippen molar-refractivity contribution in [3.63, 3.8) is 0 Å². The quantitative estimate of drug-likeness (QED) is 0.710. The smallest absolute Gasteiger partial charge is 0.244 e. The molecule has 0 saturated heterocycles. The molecule has 5 heteroatoms. The predicted molar refractivity (Wildman–Crippen MR) is 51.6 cm³/mol. The molecule has 0 saturated carbocycles. The lowest BCUT2D eigenvalue weighted by Crippen LogP contribution is -2.35. The van der Waals surface area contributed by atoms with Crippen LogP contribution in [0.3, 0.4) is 0 Å². The summed E-state index contributed by atoms with van der Waals surface area (Å²) in [6, 6.07) is 1.42. The Morgan fingerprint density at radius 1 is 1.64 bits per heavy atom. The second-order valence-corrected chi connectivity index (χ2v) is 3.26. The average molecular weight is 197 g/mol. The third-order valence-electron chi connectivity index (χ3n) is 1.87. The zero-order valence-electron chi connectivity index (χ0n) is 8.34. The lowest BCUT2D eigenvalue weighted by molar-refractivity contribution is -0.124. The van der Waals surface area contributed by atoms with E-state index < -0.39 is 6.10 Å². The summed E-state index contributed by atoms with van der Waals surface area (Å²) in [5, 5.41) is 15.6. The van der Waals surface area contributed by atoms with E-state index in [4.69, 9.17) is 5.11 Å². The minimum absolute atomic E-state index is 0.144. The minimum Gasteiger partial charge on any atom is -0.392 e. The second-order valence-electron chi connectivity index (χ2n) is 3.26. The van der Waals surface area contributed by atoms with E-state index in [0.717, 1.165) is 0 Å². The number of aliphatic hydroxyl groups is 1. The maximum absolute atomic E-state index is 11.5. The van der Waals surface area contributed by atoms with Crippen LogP contribution in [-0.2, 0) is 4.79 Å². The normalized spacial score (nSPS) is 14.8. The molecule has 0 radical (unpaired) electrons. The van der Waals surface area contributed by atoms with E-state index in [1.165, 1.54) is 0 Å². The van der Waals surface area contributed by atoms with E-state index in [9.17, 15) is 4.79 Å². The molecule has 0 aliphatic rings. The van der Waals surface area contributed by atoms with Crippen LogP contribution >= 0.6 is 0 Å². The van der Waals surface area contributed by atoms with Crippen molar-refractivity contribution in [2.24, 2.45) is 0 Å². The predicted octanol–water partition coefficient (Wildman–Crippen LogP) is -0.0589. The van der Waals surface area contributed by atoms with Gasteiger partial charge in [-0.15, -0.1) is 0 Å². The van der Waals surface area contributed by atoms with E-state index in [1.54, 1.807) is 37.0 Å². The molecule has 0 fully saturated rings. The second kappa shape index (κ2) is 4.76. The van der Waals surface area contributed by atoms with Gasteiger partial charge in [-0.2, -0.15) is 5.10 Å². The molecule has 1 rings (SSSR count). The van der Waals surface area contributed by atoms with Gasteiger partial charge in [0.25, 0.3) is 0 Å². The Morgan fingerprint density at radius 2 is 2.36 bits per heavy atom. The summed E-state index contributed by atoms with van der Waals surface area (Å²) in [4.78, 5) is 11.5. The van der Waals surface area contributed by atoms with Gasteiger partial charge < -0.3 is 10.4 Å². The minimum atomic E-state index is -0.524. The molecule has 0 aliphatic carbocycles. The van der Waals surface area contributed by atoms with E-state index in [1.807, 2.05) is 0 Å². The van der Waals surface area contributed by atoms with Gasteiger partial charge in [0.15, 0.2) is 0 Å². The highest BCUT2D eigenvalue weighted by Crippen LogP contribution is 2.02. The van der Waals surface area contributed by atoms with Crippen molar-refractivity contribution < 1.29 is 9.90 Å². The van der Waals surface area contributed by atoms with Crippen molar-refractivity contribution in [3.8, 4) is 0 Å². The first-order valence-corrected chi connectivity index (χ1v) is 4.56. The topological polar surface area (TPSA) is 67.2 Å². The number of rotatable bonds is 4. The van der Waals surface area contributed by atoms with Crippen molar-refractivity contribution in [2.75, 3.05) is 6.54 Å². The molecule has 1 heterocycles. The van der Waals surface area contributed by atoms with Crippen LogP contribution in [0.5, 0.6) is 0 Å². The van der Waals surface area contributed by atoms with Gasteiger partial charge in [-0.1, -0.05) is 0 Å². The first-order valence-electron chi connectivity index (χ1n) is 4.56. The zero-order chi connectivity index (χ0) is 10.6. The number of aliphatic hydroxyl groups excluding tert-OH is 1. The Kier molecular flexibility index (Phi) is 3.64. The maximum Gasteiger partial charge on any atom is 0.244 e. The molecule has 2 N–H and O–H groups in total. The number of hydrogen-bond donors (Lipinski definition) is 2. The van der Waals surface area contributed by atoms with Crippen LogP contribution < -0.4 is 5.32 Å². The molecule has 0 aromatic carbocycles. The monoisotopic (exact) mass is 197 g/mol. The van der Waals surface area contributed by atoms with Crippen LogP contribution in [0.15, 0.2) is 18.5 Å². The molecule has 0 bridgehead atoms. The zero-order valence-corrected chi connectivity index (χ0v) is 8.34. The van der Waals surface area contributed by atoms with Crippen LogP contribution in [-0.4, -0.2) is 33.4 Å². The van der Waals surface area contributed by atoms with Crippen molar-refractivity contribution in [3.05, 3.63) is 18.5 Å². The van der Waals surface area contributed by atoms with Gasteiger partial charge in [0, 0.05) is 18.9 Å². The maximum atomic E-state index is 11.5. The molecule has 5 nitrogen and oxygen atoms in total. The largest absolute Gasteiger partial charge is 0.392 e. The molecule has 14 heavy (non-hydrogen) atoms. The van der Waals surface area contributed by atoms with E-state index >= 15 is 0 Å². The Hall–Kier alpha value is -1.36. The average Bonchev–Trinajstić information content (AvgIpc) is 2.65. The van der Waals surface area contributed by atoms with Gasteiger partial charge in [-0.25, -0.2) is 0 Å². The Bertz CT molecular complexity index is 282. The van der Waals surface area contributed by atoms with E-state index in [-0.39, 0.29) is 18.5 Å². The van der Waals surface area contributed by atoms with Gasteiger partial charge in [0.2, 0.25) is 5.91 Å². The van der Waals surface area contributed by atoms with Gasteiger partial charge in [-0.05, 0) is 19.9 Å². The molecule has 2 unspecified atom stereocenters. The summed E-state index contributed by atoms with van der Waals surface area (Å²) < 4.78 is 1.57. The molecule has 1 aromatic rings. The third-order valence-corrected chi connectivity index (χ3v) is 1.87. The number of amides is 1. The Morgan fingerprint density at radius 3 is 2.86 bits per heavy atom. The lowest BCUT2D eigenvalue weighted by atomic mass is 10.3. The number of nitrogens with zero attached hydrogens (tertiary/aromatic N) is 2. The molecule has 2 atom stereocenters. The van der Waals surface area contributed by atoms with Gasteiger partial charge in [0.05, 0.1) is 6.10 Å². The SMILES string of the molecule is CC(O)CNC(=O)C(C)n1cccn1. The number of aromatic nitrogens is 2. The fraction of sp³-hybridized carbons (Fsp3) is 0.556. The highest BCUT2D eigenvalue weighted by atomic mass is 16.3. The Labute approximate surface area is 82.7 Å². The summed E-state index contributed by atoms with van der Waals surface area (Å²) in [7, 11) is 0. The Balaban J connectivity index is 2.45. The van der Waals surface area contributed by atoms with Crippen molar-refractivity contribution in [1.82, 2.24) is 15.1 Å². The van der Waals surface area contributed by atoms with Gasteiger partial charge >= 0.3 is 0 Å². The van der Waals surface area contributed by atoms with Gasteiger partial charge in [0.1, 0.15) is 6.04 Å². The number of nitrogens with one attached hydrogen (secondary N) is 1. The van der Waals surface area contributed by atoms with Gasteiger partial charge in [-0.3, -0.25) is 9.48 Å². The van der Waals surface area contributed by atoms with E-state index in [0.29, 0.717) is 0 Å². The number of carbonyl (C=O) groups is 1. The lowest BCUT2D eigenvalue weighted by Gasteiger charge is -2.13. The molecule has 0 aliphatic heterocycles.